The summed E-state index contributed by atoms with van der Waals surface area (Å²) in [6.07, 6.45) is -0.571. The van der Waals surface area contributed by atoms with Crippen LogP contribution in [0, 0.1) is 5.92 Å². The van der Waals surface area contributed by atoms with Gasteiger partial charge in [-0.2, -0.15) is 0 Å². The first-order chi connectivity index (χ1) is 16.8. The highest BCUT2D eigenvalue weighted by molar-refractivity contribution is 7.91. The zero-order chi connectivity index (χ0) is 27.1. The van der Waals surface area contributed by atoms with Crippen molar-refractivity contribution in [2.45, 2.75) is 46.1 Å². The van der Waals surface area contributed by atoms with Crippen LogP contribution in [0.4, 0.5) is 0 Å². The first-order valence-corrected chi connectivity index (χ1v) is 14.7. The monoisotopic (exact) mass is 578 g/mol. The highest BCUT2D eigenvalue weighted by atomic mass is 35.5. The molecular weight excluding hydrogens is 547 g/mol. The molecule has 0 aliphatic carbocycles. The van der Waals surface area contributed by atoms with E-state index in [0.29, 0.717) is 21.5 Å². The number of ether oxygens (including phenoxy) is 3. The summed E-state index contributed by atoms with van der Waals surface area (Å²) >= 11 is 18.8. The second kappa shape index (κ2) is 13.2. The Labute approximate surface area is 229 Å². The second-order valence-electron chi connectivity index (χ2n) is 9.23. The van der Waals surface area contributed by atoms with E-state index in [0.717, 1.165) is 11.1 Å². The summed E-state index contributed by atoms with van der Waals surface area (Å²) in [6.45, 7) is 9.22. The van der Waals surface area contributed by atoms with Crippen LogP contribution in [-0.4, -0.2) is 51.1 Å². The molecule has 0 aliphatic rings. The Balaban J connectivity index is 2.11. The summed E-state index contributed by atoms with van der Waals surface area (Å²) in [6, 6.07) is 11.1. The van der Waals surface area contributed by atoms with Gasteiger partial charge in [-0.3, -0.25) is 4.79 Å². The minimum atomic E-state index is -3.07. The number of alkyl halides is 1. The van der Waals surface area contributed by atoms with Crippen LogP contribution in [0.1, 0.15) is 45.7 Å². The van der Waals surface area contributed by atoms with Gasteiger partial charge in [0.15, 0.2) is 0 Å². The third kappa shape index (κ3) is 8.72. The quantitative estimate of drug-likeness (QED) is 0.204. The molecule has 36 heavy (non-hydrogen) atoms. The summed E-state index contributed by atoms with van der Waals surface area (Å²) in [7, 11) is -3.07. The fourth-order valence-corrected chi connectivity index (χ4v) is 5.36. The van der Waals surface area contributed by atoms with E-state index in [4.69, 9.17) is 49.0 Å². The number of esters is 1. The minimum Gasteiger partial charge on any atom is -0.492 e. The molecule has 10 heteroatoms. The van der Waals surface area contributed by atoms with Gasteiger partial charge in [-0.05, 0) is 35.4 Å². The number of rotatable bonds is 13. The molecular formula is C26H33Cl3O6S. The van der Waals surface area contributed by atoms with Crippen LogP contribution in [0.15, 0.2) is 36.4 Å². The van der Waals surface area contributed by atoms with Crippen molar-refractivity contribution < 1.29 is 27.4 Å². The van der Waals surface area contributed by atoms with Gasteiger partial charge in [0, 0.05) is 24.0 Å². The van der Waals surface area contributed by atoms with E-state index in [1.165, 1.54) is 6.92 Å². The van der Waals surface area contributed by atoms with Crippen molar-refractivity contribution in [1.29, 1.82) is 0 Å². The van der Waals surface area contributed by atoms with Gasteiger partial charge in [0.25, 0.3) is 0 Å². The second-order valence-corrected chi connectivity index (χ2v) is 12.7. The SMILES string of the molecule is CCS(=O)(=O)C[C@H](C)COc1ccc(C(C)(C)c2ccc(OC[C@H](CCl)OC(C)=O)c(Cl)c2)cc1Cl. The zero-order valence-corrected chi connectivity index (χ0v) is 24.2. The Hall–Kier alpha value is -1.67. The van der Waals surface area contributed by atoms with Gasteiger partial charge in [0.2, 0.25) is 0 Å². The third-order valence-corrected chi connectivity index (χ3v) is 8.63. The van der Waals surface area contributed by atoms with Crippen molar-refractivity contribution >= 4 is 50.6 Å². The number of benzene rings is 2. The average Bonchev–Trinajstić information content (AvgIpc) is 2.80. The van der Waals surface area contributed by atoms with Gasteiger partial charge in [-0.25, -0.2) is 8.42 Å². The van der Waals surface area contributed by atoms with Gasteiger partial charge < -0.3 is 14.2 Å². The lowest BCUT2D eigenvalue weighted by Gasteiger charge is -2.27. The van der Waals surface area contributed by atoms with Crippen molar-refractivity contribution in [3.05, 3.63) is 57.6 Å². The number of halogens is 3. The Bertz CT molecular complexity index is 1150. The fourth-order valence-electron chi connectivity index (χ4n) is 3.54. The fraction of sp³-hybridized carbons (Fsp3) is 0.500. The van der Waals surface area contributed by atoms with E-state index in [2.05, 4.69) is 0 Å². The molecule has 2 atom stereocenters. The van der Waals surface area contributed by atoms with Crippen LogP contribution in [-0.2, 0) is 24.8 Å². The van der Waals surface area contributed by atoms with Gasteiger partial charge in [-0.15, -0.1) is 11.6 Å². The first kappa shape index (κ1) is 30.6. The molecule has 0 radical (unpaired) electrons. The first-order valence-electron chi connectivity index (χ1n) is 11.6. The van der Waals surface area contributed by atoms with E-state index in [1.807, 2.05) is 45.0 Å². The molecule has 2 rings (SSSR count). The van der Waals surface area contributed by atoms with Gasteiger partial charge in [0.1, 0.15) is 34.0 Å². The van der Waals surface area contributed by atoms with E-state index in [9.17, 15) is 13.2 Å². The van der Waals surface area contributed by atoms with E-state index in [1.54, 1.807) is 19.1 Å². The van der Waals surface area contributed by atoms with Gasteiger partial charge in [-0.1, -0.05) is 63.0 Å². The van der Waals surface area contributed by atoms with Crippen molar-refractivity contribution in [1.82, 2.24) is 0 Å². The number of sulfone groups is 1. The Morgan fingerprint density at radius 1 is 0.972 bits per heavy atom. The molecule has 0 aromatic heterocycles. The zero-order valence-electron chi connectivity index (χ0n) is 21.1. The molecule has 0 amide bonds. The standard InChI is InChI=1S/C26H33Cl3O6S/c1-6-36(31,32)16-17(2)14-33-24-9-7-19(11-22(24)28)26(4,5)20-8-10-25(23(29)12-20)34-15-21(13-27)35-18(3)30/h7-12,17,21H,6,13-16H2,1-5H3/t17-,21+/m1/s1. The predicted octanol–water partition coefficient (Wildman–Crippen LogP) is 6.32. The van der Waals surface area contributed by atoms with Crippen molar-refractivity contribution in [2.75, 3.05) is 30.6 Å². The molecule has 0 aliphatic heterocycles. The molecule has 0 spiro atoms. The molecule has 6 nitrogen and oxygen atoms in total. The Morgan fingerprint density at radius 3 is 1.89 bits per heavy atom. The number of hydrogen-bond donors (Lipinski definition) is 0. The molecule has 0 saturated heterocycles. The summed E-state index contributed by atoms with van der Waals surface area (Å²) in [5.41, 5.74) is 1.45. The summed E-state index contributed by atoms with van der Waals surface area (Å²) in [5.74, 6) is 0.670. The summed E-state index contributed by atoms with van der Waals surface area (Å²) in [4.78, 5) is 11.2. The normalized spacial score (nSPS) is 13.7. The van der Waals surface area contributed by atoms with Crippen molar-refractivity contribution in [3.63, 3.8) is 0 Å². The largest absolute Gasteiger partial charge is 0.492 e. The predicted molar refractivity (Wildman–Crippen MR) is 146 cm³/mol. The lowest BCUT2D eigenvalue weighted by Crippen LogP contribution is -2.25. The molecule has 0 bridgehead atoms. The Morgan fingerprint density at radius 2 is 1.47 bits per heavy atom. The maximum Gasteiger partial charge on any atom is 0.303 e. The highest BCUT2D eigenvalue weighted by Gasteiger charge is 2.26. The number of hydrogen-bond acceptors (Lipinski definition) is 6. The van der Waals surface area contributed by atoms with Gasteiger partial charge >= 0.3 is 5.97 Å². The third-order valence-electron chi connectivity index (χ3n) is 5.74. The minimum absolute atomic E-state index is 0.0724. The van der Waals surface area contributed by atoms with Crippen molar-refractivity contribution in [3.8, 4) is 11.5 Å². The molecule has 0 N–H and O–H groups in total. The van der Waals surface area contributed by atoms with Crippen LogP contribution in [0.25, 0.3) is 0 Å². The maximum absolute atomic E-state index is 11.8. The number of carbonyl (C=O) groups excluding carboxylic acids is 1. The Kier molecular flexibility index (Phi) is 11.2. The molecule has 0 unspecified atom stereocenters. The van der Waals surface area contributed by atoms with Crippen LogP contribution < -0.4 is 9.47 Å². The number of carbonyl (C=O) groups is 1. The lowest BCUT2D eigenvalue weighted by atomic mass is 9.78. The van der Waals surface area contributed by atoms with Crippen LogP contribution in [0.5, 0.6) is 11.5 Å². The van der Waals surface area contributed by atoms with Crippen LogP contribution in [0.3, 0.4) is 0 Å². The summed E-state index contributed by atoms with van der Waals surface area (Å²) in [5, 5.41) is 0.855. The topological polar surface area (TPSA) is 78.9 Å². The molecule has 0 saturated carbocycles. The summed E-state index contributed by atoms with van der Waals surface area (Å²) < 4.78 is 40.2. The van der Waals surface area contributed by atoms with Crippen molar-refractivity contribution in [2.24, 2.45) is 5.92 Å². The molecule has 2 aromatic carbocycles. The van der Waals surface area contributed by atoms with E-state index >= 15 is 0 Å². The average molecular weight is 580 g/mol. The van der Waals surface area contributed by atoms with Crippen LogP contribution >= 0.6 is 34.8 Å². The van der Waals surface area contributed by atoms with Gasteiger partial charge in [0.05, 0.1) is 28.3 Å². The molecule has 0 fully saturated rings. The van der Waals surface area contributed by atoms with Crippen LogP contribution in [0.2, 0.25) is 10.0 Å². The smallest absolute Gasteiger partial charge is 0.303 e. The van der Waals surface area contributed by atoms with E-state index < -0.39 is 27.3 Å². The lowest BCUT2D eigenvalue weighted by molar-refractivity contribution is -0.146. The molecule has 200 valence electrons. The maximum atomic E-state index is 11.8. The van der Waals surface area contributed by atoms with E-state index in [-0.39, 0.29) is 36.5 Å². The molecule has 0 heterocycles. The highest BCUT2D eigenvalue weighted by Crippen LogP contribution is 2.38. The molecule has 2 aromatic rings.